The Hall–Kier alpha value is -1.55. The number of benzene rings is 1. The summed E-state index contributed by atoms with van der Waals surface area (Å²) in [6.45, 7) is 10.1. The predicted octanol–water partition coefficient (Wildman–Crippen LogP) is 3.70. The Kier molecular flexibility index (Phi) is 5.23. The lowest BCUT2D eigenvalue weighted by atomic mass is 9.97. The van der Waals surface area contributed by atoms with Crippen LogP contribution >= 0.6 is 0 Å². The van der Waals surface area contributed by atoms with Gasteiger partial charge in [-0.2, -0.15) is 0 Å². The molecule has 1 heterocycles. The number of nitrogens with zero attached hydrogens (tertiary/aromatic N) is 1. The van der Waals surface area contributed by atoms with Gasteiger partial charge in [-0.1, -0.05) is 26.8 Å². The maximum atomic E-state index is 11.8. The largest absolute Gasteiger partial charge is 0.419 e. The van der Waals surface area contributed by atoms with Crippen molar-refractivity contribution in [2.75, 3.05) is 6.54 Å². The van der Waals surface area contributed by atoms with E-state index in [1.807, 2.05) is 19.1 Å². The third-order valence-electron chi connectivity index (χ3n) is 3.89. The number of fused-ring (bicyclic) bond motifs is 1. The Bertz CT molecular complexity index is 640. The molecule has 1 aromatic heterocycles. The van der Waals surface area contributed by atoms with Gasteiger partial charge < -0.3 is 9.73 Å². The van der Waals surface area contributed by atoms with Gasteiger partial charge in [-0.3, -0.25) is 4.57 Å². The Morgan fingerprint density at radius 3 is 2.62 bits per heavy atom. The van der Waals surface area contributed by atoms with E-state index in [0.29, 0.717) is 24.1 Å². The topological polar surface area (TPSA) is 47.2 Å². The predicted molar refractivity (Wildman–Crippen MR) is 86.6 cm³/mol. The molecule has 0 aliphatic heterocycles. The average Bonchev–Trinajstić information content (AvgIpc) is 2.77. The molecule has 4 nitrogen and oxygen atoms in total. The van der Waals surface area contributed by atoms with Crippen LogP contribution in [0, 0.1) is 5.92 Å². The van der Waals surface area contributed by atoms with Crippen molar-refractivity contribution >= 4 is 11.1 Å². The van der Waals surface area contributed by atoms with Crippen molar-refractivity contribution in [2.45, 2.75) is 53.1 Å². The van der Waals surface area contributed by atoms with E-state index in [1.54, 1.807) is 4.57 Å². The van der Waals surface area contributed by atoms with Crippen molar-refractivity contribution in [1.82, 2.24) is 9.88 Å². The summed E-state index contributed by atoms with van der Waals surface area (Å²) in [5.41, 5.74) is 2.76. The Morgan fingerprint density at radius 1 is 1.24 bits per heavy atom. The van der Waals surface area contributed by atoms with E-state index in [4.69, 9.17) is 4.42 Å². The van der Waals surface area contributed by atoms with Crippen LogP contribution in [0.1, 0.15) is 52.1 Å². The highest BCUT2D eigenvalue weighted by Crippen LogP contribution is 2.24. The van der Waals surface area contributed by atoms with Crippen LogP contribution in [-0.2, 0) is 6.54 Å². The number of rotatable bonds is 7. The minimum Gasteiger partial charge on any atom is -0.408 e. The number of nitrogens with one attached hydrogen (secondary N) is 1. The van der Waals surface area contributed by atoms with Crippen molar-refractivity contribution in [3.63, 3.8) is 0 Å². The van der Waals surface area contributed by atoms with Gasteiger partial charge in [-0.25, -0.2) is 4.79 Å². The first kappa shape index (κ1) is 15.8. The molecular formula is C17H26N2O2. The molecule has 0 saturated carbocycles. The van der Waals surface area contributed by atoms with Crippen LogP contribution in [0.15, 0.2) is 27.4 Å². The maximum absolute atomic E-state index is 11.8. The highest BCUT2D eigenvalue weighted by molar-refractivity contribution is 5.73. The molecule has 0 amide bonds. The summed E-state index contributed by atoms with van der Waals surface area (Å²) in [6, 6.07) is 6.43. The quantitative estimate of drug-likeness (QED) is 0.845. The average molecular weight is 290 g/mol. The molecule has 2 aromatic rings. The number of hydrogen-bond donors (Lipinski definition) is 1. The Labute approximate surface area is 126 Å². The first-order valence-electron chi connectivity index (χ1n) is 7.93. The van der Waals surface area contributed by atoms with Crippen LogP contribution in [0.5, 0.6) is 0 Å². The van der Waals surface area contributed by atoms with E-state index >= 15 is 0 Å². The van der Waals surface area contributed by atoms with E-state index in [2.05, 4.69) is 32.2 Å². The van der Waals surface area contributed by atoms with Crippen molar-refractivity contribution in [3.8, 4) is 0 Å². The van der Waals surface area contributed by atoms with E-state index < -0.39 is 0 Å². The lowest BCUT2D eigenvalue weighted by Gasteiger charge is -2.19. The summed E-state index contributed by atoms with van der Waals surface area (Å²) >= 11 is 0. The van der Waals surface area contributed by atoms with E-state index in [1.165, 1.54) is 12.0 Å². The van der Waals surface area contributed by atoms with Crippen molar-refractivity contribution in [3.05, 3.63) is 34.3 Å². The molecule has 4 heteroatoms. The molecule has 1 unspecified atom stereocenters. The van der Waals surface area contributed by atoms with Gasteiger partial charge in [0.2, 0.25) is 0 Å². The Balaban J connectivity index is 2.32. The highest BCUT2D eigenvalue weighted by Gasteiger charge is 2.14. The molecule has 1 N–H and O–H groups in total. The monoisotopic (exact) mass is 290 g/mol. The summed E-state index contributed by atoms with van der Waals surface area (Å²) in [4.78, 5) is 11.8. The number of oxazole rings is 1. The van der Waals surface area contributed by atoms with Gasteiger partial charge in [0.15, 0.2) is 5.58 Å². The van der Waals surface area contributed by atoms with Crippen LogP contribution in [-0.4, -0.2) is 11.1 Å². The van der Waals surface area contributed by atoms with Gasteiger partial charge in [-0.15, -0.1) is 0 Å². The highest BCUT2D eigenvalue weighted by atomic mass is 16.4. The van der Waals surface area contributed by atoms with Gasteiger partial charge in [-0.05, 0) is 49.9 Å². The number of aryl methyl sites for hydroxylation is 1. The molecule has 2 rings (SSSR count). The molecule has 0 spiro atoms. The molecule has 0 bridgehead atoms. The van der Waals surface area contributed by atoms with Crippen LogP contribution in [0.2, 0.25) is 0 Å². The van der Waals surface area contributed by atoms with Crippen LogP contribution in [0.3, 0.4) is 0 Å². The third kappa shape index (κ3) is 3.56. The summed E-state index contributed by atoms with van der Waals surface area (Å²) in [5.74, 6) is 0.417. The zero-order valence-corrected chi connectivity index (χ0v) is 13.5. The number of aromatic nitrogens is 1. The Morgan fingerprint density at radius 2 is 2.00 bits per heavy atom. The zero-order chi connectivity index (χ0) is 15.4. The van der Waals surface area contributed by atoms with Crippen LogP contribution in [0.4, 0.5) is 0 Å². The molecule has 0 aliphatic carbocycles. The van der Waals surface area contributed by atoms with Gasteiger partial charge in [0, 0.05) is 12.6 Å². The molecule has 0 saturated heterocycles. The van der Waals surface area contributed by atoms with Crippen LogP contribution in [0.25, 0.3) is 11.1 Å². The molecule has 0 radical (unpaired) electrons. The van der Waals surface area contributed by atoms with E-state index in [0.717, 1.165) is 18.5 Å². The van der Waals surface area contributed by atoms with Gasteiger partial charge in [0.25, 0.3) is 0 Å². The summed E-state index contributed by atoms with van der Waals surface area (Å²) in [7, 11) is 0. The lowest BCUT2D eigenvalue weighted by molar-refractivity contribution is 0.448. The fourth-order valence-corrected chi connectivity index (χ4v) is 2.73. The fourth-order valence-electron chi connectivity index (χ4n) is 2.73. The second kappa shape index (κ2) is 6.94. The smallest absolute Gasteiger partial charge is 0.408 e. The molecule has 1 atom stereocenters. The third-order valence-corrected chi connectivity index (χ3v) is 3.89. The number of hydrogen-bond acceptors (Lipinski definition) is 3. The molecule has 0 fully saturated rings. The zero-order valence-electron chi connectivity index (χ0n) is 13.5. The van der Waals surface area contributed by atoms with E-state index in [-0.39, 0.29) is 5.76 Å². The van der Waals surface area contributed by atoms with E-state index in [9.17, 15) is 4.79 Å². The molecule has 1 aromatic carbocycles. The second-order valence-electron chi connectivity index (χ2n) is 5.92. The van der Waals surface area contributed by atoms with Crippen molar-refractivity contribution in [1.29, 1.82) is 0 Å². The van der Waals surface area contributed by atoms with Gasteiger partial charge >= 0.3 is 5.76 Å². The van der Waals surface area contributed by atoms with Crippen molar-refractivity contribution in [2.24, 2.45) is 5.92 Å². The normalized spacial score (nSPS) is 13.2. The fraction of sp³-hybridized carbons (Fsp3) is 0.588. The van der Waals surface area contributed by atoms with Crippen LogP contribution < -0.4 is 11.1 Å². The molecule has 21 heavy (non-hydrogen) atoms. The maximum Gasteiger partial charge on any atom is 0.419 e. The second-order valence-corrected chi connectivity index (χ2v) is 5.92. The molecule has 0 aliphatic rings. The first-order chi connectivity index (χ1) is 10.1. The van der Waals surface area contributed by atoms with Gasteiger partial charge in [0.1, 0.15) is 0 Å². The SMILES string of the molecule is CCNC(CCC(C)C)c1ccc2c(c1)oc(=O)n2CC. The molecule has 116 valence electrons. The summed E-state index contributed by atoms with van der Waals surface area (Å²) in [6.07, 6.45) is 2.27. The summed E-state index contributed by atoms with van der Waals surface area (Å²) < 4.78 is 7.03. The lowest BCUT2D eigenvalue weighted by Crippen LogP contribution is -2.21. The minimum absolute atomic E-state index is 0.271. The molecular weight excluding hydrogens is 264 g/mol. The summed E-state index contributed by atoms with van der Waals surface area (Å²) in [5, 5.41) is 3.53. The minimum atomic E-state index is -0.271. The van der Waals surface area contributed by atoms with Gasteiger partial charge in [0.05, 0.1) is 5.52 Å². The van der Waals surface area contributed by atoms with Crippen molar-refractivity contribution < 1.29 is 4.42 Å². The first-order valence-corrected chi connectivity index (χ1v) is 7.93. The standard InChI is InChI=1S/C17H26N2O2/c1-5-18-14(9-7-12(3)4)13-8-10-15-16(11-13)21-17(20)19(15)6-2/h8,10-12,14,18H,5-7,9H2,1-4H3.